The van der Waals surface area contributed by atoms with Gasteiger partial charge in [0.25, 0.3) is 0 Å². The van der Waals surface area contributed by atoms with Gasteiger partial charge in [0.05, 0.1) is 24.4 Å². The molecule has 11 atom stereocenters. The molecule has 0 saturated heterocycles. The van der Waals surface area contributed by atoms with Crippen molar-refractivity contribution in [2.75, 3.05) is 0 Å². The number of fused-ring (bicyclic) bond motifs is 5. The van der Waals surface area contributed by atoms with E-state index >= 15 is 0 Å². The van der Waals surface area contributed by atoms with Gasteiger partial charge in [-0.05, 0) is 91.8 Å². The third kappa shape index (κ3) is 3.17. The predicted molar refractivity (Wildman–Crippen MR) is 107 cm³/mol. The molecule has 0 radical (unpaired) electrons. The molecule has 4 rings (SSSR count). The van der Waals surface area contributed by atoms with Crippen molar-refractivity contribution in [3.05, 3.63) is 0 Å². The van der Waals surface area contributed by atoms with E-state index in [0.29, 0.717) is 32.1 Å². The Kier molecular flexibility index (Phi) is 5.55. The molecule has 6 heteroatoms. The molecular formula is C23H38O6. The van der Waals surface area contributed by atoms with E-state index < -0.39 is 30.4 Å². The van der Waals surface area contributed by atoms with Gasteiger partial charge in [0.2, 0.25) is 0 Å². The Hall–Kier alpha value is -0.690. The van der Waals surface area contributed by atoms with E-state index in [-0.39, 0.29) is 46.8 Å². The number of aliphatic hydroxyl groups is 4. The summed E-state index contributed by atoms with van der Waals surface area (Å²) in [5, 5.41) is 52.7. The second-order valence-corrected chi connectivity index (χ2v) is 11.0. The summed E-state index contributed by atoms with van der Waals surface area (Å²) in [6.07, 6.45) is 3.58. The van der Waals surface area contributed by atoms with Crippen LogP contribution in [0.25, 0.3) is 0 Å². The fourth-order valence-corrected chi connectivity index (χ4v) is 8.33. The number of hydrogen-bond donors (Lipinski definition) is 5. The van der Waals surface area contributed by atoms with Crippen LogP contribution in [0.15, 0.2) is 0 Å². The summed E-state index contributed by atoms with van der Waals surface area (Å²) >= 11 is 0. The maximum absolute atomic E-state index is 11.4. The highest BCUT2D eigenvalue weighted by atomic mass is 16.4. The van der Waals surface area contributed by atoms with E-state index in [1.807, 2.05) is 0 Å². The van der Waals surface area contributed by atoms with Gasteiger partial charge < -0.3 is 25.5 Å². The van der Waals surface area contributed by atoms with E-state index in [1.165, 1.54) is 0 Å². The second-order valence-electron chi connectivity index (χ2n) is 11.0. The number of carbonyl (C=O) groups is 1. The van der Waals surface area contributed by atoms with Gasteiger partial charge in [0.15, 0.2) is 0 Å². The number of aliphatic carboxylic acids is 1. The standard InChI is InChI=1S/C23H38O6/c1-22-12(4-3-5-20(28)29)6-7-15(22)21-16(11-19(22)27)23(2)13(9-17(21)25)8-14(24)10-18(23)26/h12-19,21,24-27H,3-11H2,1-2H3,(H,28,29)/t12-,13-,14+,15-,16?,17+,18+,19-,21?,22+,23-/m0/s1. The zero-order chi connectivity index (χ0) is 21.1. The van der Waals surface area contributed by atoms with Crippen LogP contribution in [0.5, 0.6) is 0 Å². The Bertz CT molecular complexity index is 639. The van der Waals surface area contributed by atoms with Crippen LogP contribution in [0.4, 0.5) is 0 Å². The molecule has 2 unspecified atom stereocenters. The molecule has 0 aromatic heterocycles. The quantitative estimate of drug-likeness (QED) is 0.485. The summed E-state index contributed by atoms with van der Waals surface area (Å²) in [7, 11) is 0. The Morgan fingerprint density at radius 3 is 2.28 bits per heavy atom. The molecule has 4 aliphatic carbocycles. The molecule has 5 N–H and O–H groups in total. The van der Waals surface area contributed by atoms with E-state index in [4.69, 9.17) is 5.11 Å². The van der Waals surface area contributed by atoms with Crippen molar-refractivity contribution in [3.8, 4) is 0 Å². The Morgan fingerprint density at radius 2 is 1.59 bits per heavy atom. The zero-order valence-corrected chi connectivity index (χ0v) is 17.7. The third-order valence-electron chi connectivity index (χ3n) is 9.99. The Morgan fingerprint density at radius 1 is 0.897 bits per heavy atom. The molecular weight excluding hydrogens is 372 g/mol. The molecule has 0 bridgehead atoms. The van der Waals surface area contributed by atoms with E-state index in [0.717, 1.165) is 19.3 Å². The van der Waals surface area contributed by atoms with Crippen LogP contribution in [0.3, 0.4) is 0 Å². The summed E-state index contributed by atoms with van der Waals surface area (Å²) in [6.45, 7) is 4.27. The number of carboxylic acid groups (broad SMARTS) is 1. The maximum Gasteiger partial charge on any atom is 0.303 e. The van der Waals surface area contributed by atoms with Crippen molar-refractivity contribution in [1.29, 1.82) is 0 Å². The fraction of sp³-hybridized carbons (Fsp3) is 0.957. The molecule has 6 nitrogen and oxygen atoms in total. The molecule has 0 aromatic rings. The molecule has 0 aliphatic heterocycles. The van der Waals surface area contributed by atoms with Crippen molar-refractivity contribution in [1.82, 2.24) is 0 Å². The third-order valence-corrected chi connectivity index (χ3v) is 9.99. The average molecular weight is 411 g/mol. The topological polar surface area (TPSA) is 118 Å². The number of hydrogen-bond acceptors (Lipinski definition) is 5. The summed E-state index contributed by atoms with van der Waals surface area (Å²) in [4.78, 5) is 10.9. The molecule has 0 heterocycles. The zero-order valence-electron chi connectivity index (χ0n) is 17.7. The van der Waals surface area contributed by atoms with Crippen molar-refractivity contribution < 1.29 is 30.3 Å². The highest BCUT2D eigenvalue weighted by Crippen LogP contribution is 2.67. The summed E-state index contributed by atoms with van der Waals surface area (Å²) in [5.41, 5.74) is -0.685. The lowest BCUT2D eigenvalue weighted by molar-refractivity contribution is -0.232. The largest absolute Gasteiger partial charge is 0.481 e. The molecule has 4 fully saturated rings. The molecule has 29 heavy (non-hydrogen) atoms. The lowest BCUT2D eigenvalue weighted by Crippen LogP contribution is -2.65. The lowest BCUT2D eigenvalue weighted by atomic mass is 9.42. The fourth-order valence-electron chi connectivity index (χ4n) is 8.33. The predicted octanol–water partition coefficient (Wildman–Crippen LogP) is 2.17. The average Bonchev–Trinajstić information content (AvgIpc) is 2.96. The molecule has 4 saturated carbocycles. The minimum absolute atomic E-state index is 0.0459. The van der Waals surface area contributed by atoms with Crippen LogP contribution in [-0.2, 0) is 4.79 Å². The second kappa shape index (κ2) is 7.47. The highest BCUT2D eigenvalue weighted by molar-refractivity contribution is 5.66. The molecule has 0 amide bonds. The number of carboxylic acids is 1. The van der Waals surface area contributed by atoms with Gasteiger partial charge in [-0.1, -0.05) is 13.8 Å². The van der Waals surface area contributed by atoms with Crippen molar-refractivity contribution in [2.45, 2.75) is 96.1 Å². The van der Waals surface area contributed by atoms with Gasteiger partial charge in [-0.15, -0.1) is 0 Å². The summed E-state index contributed by atoms with van der Waals surface area (Å²) in [6, 6.07) is 0. The molecule has 0 aromatic carbocycles. The first-order chi connectivity index (χ1) is 13.6. The van der Waals surface area contributed by atoms with Crippen LogP contribution in [0, 0.1) is 40.4 Å². The SMILES string of the molecule is C[C@@]12C3C[C@H](O)[C@]4(C)[C@@H](CCCC(=O)O)CC[C@H]4C3[C@H](O)C[C@@H]1C[C@@H](O)C[C@H]2O. The first kappa shape index (κ1) is 21.5. The Balaban J connectivity index is 1.61. The van der Waals surface area contributed by atoms with Crippen LogP contribution >= 0.6 is 0 Å². The van der Waals surface area contributed by atoms with E-state index in [2.05, 4.69) is 13.8 Å². The minimum atomic E-state index is -0.774. The van der Waals surface area contributed by atoms with Crippen molar-refractivity contribution >= 4 is 5.97 Å². The highest BCUT2D eigenvalue weighted by Gasteiger charge is 2.66. The lowest BCUT2D eigenvalue weighted by Gasteiger charge is -2.64. The Labute approximate surface area is 173 Å². The monoisotopic (exact) mass is 410 g/mol. The maximum atomic E-state index is 11.4. The van der Waals surface area contributed by atoms with E-state index in [9.17, 15) is 25.2 Å². The smallest absolute Gasteiger partial charge is 0.303 e. The van der Waals surface area contributed by atoms with Gasteiger partial charge in [-0.2, -0.15) is 0 Å². The van der Waals surface area contributed by atoms with Gasteiger partial charge in [-0.25, -0.2) is 0 Å². The van der Waals surface area contributed by atoms with Crippen LogP contribution < -0.4 is 0 Å². The molecule has 4 aliphatic rings. The summed E-state index contributed by atoms with van der Waals surface area (Å²) in [5.74, 6) is -0.133. The van der Waals surface area contributed by atoms with Gasteiger partial charge in [0.1, 0.15) is 0 Å². The van der Waals surface area contributed by atoms with Crippen LogP contribution in [0.1, 0.15) is 71.6 Å². The summed E-state index contributed by atoms with van der Waals surface area (Å²) < 4.78 is 0. The first-order valence-corrected chi connectivity index (χ1v) is 11.5. The minimum Gasteiger partial charge on any atom is -0.481 e. The molecule has 0 spiro atoms. The molecule has 166 valence electrons. The normalized spacial score (nSPS) is 54.3. The number of rotatable bonds is 4. The first-order valence-electron chi connectivity index (χ1n) is 11.5. The van der Waals surface area contributed by atoms with Gasteiger partial charge >= 0.3 is 5.97 Å². The van der Waals surface area contributed by atoms with Crippen molar-refractivity contribution in [3.63, 3.8) is 0 Å². The van der Waals surface area contributed by atoms with Gasteiger partial charge in [0, 0.05) is 6.42 Å². The van der Waals surface area contributed by atoms with E-state index in [1.54, 1.807) is 0 Å². The van der Waals surface area contributed by atoms with Crippen LogP contribution in [0.2, 0.25) is 0 Å². The van der Waals surface area contributed by atoms with Gasteiger partial charge in [-0.3, -0.25) is 4.79 Å². The number of aliphatic hydroxyl groups excluding tert-OH is 4. The van der Waals surface area contributed by atoms with Crippen molar-refractivity contribution in [2.24, 2.45) is 40.4 Å². The van der Waals surface area contributed by atoms with Crippen LogP contribution in [-0.4, -0.2) is 55.9 Å².